The Labute approximate surface area is 359 Å². The summed E-state index contributed by atoms with van der Waals surface area (Å²) in [7, 11) is -4.51. The predicted octanol–water partition coefficient (Wildman–Crippen LogP) is 10.5. The Bertz CT molecular complexity index is 1950. The summed E-state index contributed by atoms with van der Waals surface area (Å²) in [6, 6.07) is 19.9. The molecule has 1 fully saturated rings. The zero-order chi connectivity index (χ0) is 42.6. The Morgan fingerprint density at radius 2 is 1.55 bits per heavy atom. The molecule has 0 bridgehead atoms. The maximum Gasteiger partial charge on any atom is 0.530 e. The van der Waals surface area contributed by atoms with Crippen molar-refractivity contribution in [3.8, 4) is 12.0 Å². The van der Waals surface area contributed by atoms with Crippen LogP contribution in [0.4, 0.5) is 5.82 Å². The number of benzene rings is 2. The minimum absolute atomic E-state index is 0.0749. The van der Waals surface area contributed by atoms with Crippen LogP contribution in [-0.4, -0.2) is 65.1 Å². The molecule has 0 saturated carbocycles. The first-order valence-electron chi connectivity index (χ1n) is 21.2. The number of phosphoric ester groups is 1. The number of ether oxygens (including phenoxy) is 5. The minimum atomic E-state index is -4.51. The minimum Gasteiger partial charge on any atom is -0.419 e. The first kappa shape index (κ1) is 47.3. The highest BCUT2D eigenvalue weighted by Crippen LogP contribution is 2.52. The second-order valence-electron chi connectivity index (χ2n) is 15.4. The maximum absolute atomic E-state index is 14.6. The summed E-state index contributed by atoms with van der Waals surface area (Å²) < 4.78 is 64.6. The van der Waals surface area contributed by atoms with E-state index in [0.717, 1.165) is 24.8 Å². The van der Waals surface area contributed by atoms with E-state index in [2.05, 4.69) is 17.0 Å². The molecule has 16 heteroatoms. The highest BCUT2D eigenvalue weighted by Gasteiger charge is 2.49. The van der Waals surface area contributed by atoms with Crippen molar-refractivity contribution < 1.29 is 41.8 Å². The van der Waals surface area contributed by atoms with E-state index in [1.54, 1.807) is 61.0 Å². The van der Waals surface area contributed by atoms with Gasteiger partial charge in [-0.2, -0.15) is 10.4 Å². The Kier molecular flexibility index (Phi) is 19.4. The van der Waals surface area contributed by atoms with Crippen molar-refractivity contribution in [3.63, 3.8) is 0 Å². The van der Waals surface area contributed by atoms with Crippen LogP contribution in [0.5, 0.6) is 5.75 Å². The van der Waals surface area contributed by atoms with Gasteiger partial charge in [-0.15, -0.1) is 0 Å². The predicted molar refractivity (Wildman–Crippen MR) is 229 cm³/mol. The summed E-state index contributed by atoms with van der Waals surface area (Å²) in [6.45, 7) is 6.02. The summed E-state index contributed by atoms with van der Waals surface area (Å²) in [5.41, 5.74) is 8.22. The fourth-order valence-electron chi connectivity index (χ4n) is 7.03. The fraction of sp³-hybridized carbons (Fsp3) is 0.568. The van der Waals surface area contributed by atoms with Gasteiger partial charge in [-0.1, -0.05) is 132 Å². The lowest BCUT2D eigenvalue weighted by molar-refractivity contribution is -0.157. The molecule has 5 rings (SSSR count). The number of phosphoric acid groups is 1. The molecule has 1 aliphatic heterocycles. The van der Waals surface area contributed by atoms with Gasteiger partial charge < -0.3 is 33.9 Å². The maximum atomic E-state index is 14.6. The standard InChI is InChI=1S/C44H61ClN5O9P/c1-4-5-6-7-8-9-10-11-12-13-14-20-27-53-35(29-52-28-34-21-16-15-17-22-34)30-55-60(51,59-39-24-19-18-23-36(39)45)56-31-40(54-32-46)42-41(57-44(2,3)58-42)37-25-26-38-43(47)48-33-49-50(37)38/h15-19,21-26,33,35,40-42H,4-14,20,27-31H2,1-3H3,(H2,47,48,49)/t35-,40-,41+,42-,60?/m1/s1. The van der Waals surface area contributed by atoms with E-state index in [1.165, 1.54) is 64.1 Å². The highest BCUT2D eigenvalue weighted by molar-refractivity contribution is 7.48. The van der Waals surface area contributed by atoms with Crippen LogP contribution in [0.3, 0.4) is 0 Å². The molecule has 60 heavy (non-hydrogen) atoms. The number of fused-ring (bicyclic) bond motifs is 1. The first-order chi connectivity index (χ1) is 29.1. The van der Waals surface area contributed by atoms with E-state index >= 15 is 0 Å². The molecule has 2 N–H and O–H groups in total. The van der Waals surface area contributed by atoms with Crippen LogP contribution in [0.1, 0.15) is 115 Å². The Hall–Kier alpha value is -3.77. The average molecular weight is 870 g/mol. The number of nitrogens with two attached hydrogens (primary N) is 1. The van der Waals surface area contributed by atoms with Crippen LogP contribution in [0.25, 0.3) is 5.52 Å². The summed E-state index contributed by atoms with van der Waals surface area (Å²) in [6.07, 6.45) is 14.3. The Morgan fingerprint density at radius 3 is 2.25 bits per heavy atom. The number of nitriles is 1. The van der Waals surface area contributed by atoms with Crippen molar-refractivity contribution in [2.45, 2.75) is 135 Å². The van der Waals surface area contributed by atoms with Gasteiger partial charge in [-0.25, -0.2) is 14.1 Å². The van der Waals surface area contributed by atoms with Crippen molar-refractivity contribution in [2.24, 2.45) is 0 Å². The van der Waals surface area contributed by atoms with Gasteiger partial charge >= 0.3 is 7.82 Å². The number of anilines is 1. The molecule has 1 unspecified atom stereocenters. The monoisotopic (exact) mass is 869 g/mol. The number of rotatable bonds is 29. The number of hydrogen-bond acceptors (Lipinski definition) is 13. The van der Waals surface area contributed by atoms with Crippen LogP contribution in [-0.2, 0) is 43.9 Å². The number of para-hydroxylation sites is 1. The third-order valence-corrected chi connectivity index (χ3v) is 11.8. The summed E-state index contributed by atoms with van der Waals surface area (Å²) >= 11 is 6.44. The molecule has 328 valence electrons. The van der Waals surface area contributed by atoms with Crippen LogP contribution < -0.4 is 10.3 Å². The smallest absolute Gasteiger partial charge is 0.419 e. The highest BCUT2D eigenvalue weighted by atomic mass is 35.5. The molecule has 14 nitrogen and oxygen atoms in total. The topological polar surface area (TPSA) is 171 Å². The van der Waals surface area contributed by atoms with Crippen molar-refractivity contribution in [3.05, 3.63) is 89.3 Å². The van der Waals surface area contributed by atoms with Crippen molar-refractivity contribution >= 4 is 30.8 Å². The van der Waals surface area contributed by atoms with Crippen LogP contribution in [0, 0.1) is 11.5 Å². The molecule has 0 amide bonds. The third-order valence-electron chi connectivity index (χ3n) is 10.1. The average Bonchev–Trinajstić information content (AvgIpc) is 3.82. The molecule has 3 heterocycles. The zero-order valence-corrected chi connectivity index (χ0v) is 36.8. The SMILES string of the molecule is CCCCCCCCCCCCCCO[C@H](COCc1ccccc1)COP(=O)(OC[C@@H](OC#N)[C@H]1OC(C)(C)O[C@H]1c1ccc2c(N)ncnn12)Oc1ccccc1Cl. The number of unbranched alkanes of at least 4 members (excludes halogenated alkanes) is 11. The quantitative estimate of drug-likeness (QED) is 0.0311. The van der Waals surface area contributed by atoms with Gasteiger partial charge in [0, 0.05) is 6.61 Å². The van der Waals surface area contributed by atoms with E-state index in [0.29, 0.717) is 24.4 Å². The summed E-state index contributed by atoms with van der Waals surface area (Å²) in [4.78, 5) is 4.06. The van der Waals surface area contributed by atoms with E-state index in [9.17, 15) is 9.83 Å². The van der Waals surface area contributed by atoms with E-state index in [1.807, 2.05) is 30.3 Å². The van der Waals surface area contributed by atoms with Crippen molar-refractivity contribution in [1.82, 2.24) is 14.6 Å². The van der Waals surface area contributed by atoms with E-state index in [-0.39, 0.29) is 29.8 Å². The van der Waals surface area contributed by atoms with Gasteiger partial charge in [0.25, 0.3) is 6.26 Å². The number of nitrogen functional groups attached to an aromatic ring is 1. The largest absolute Gasteiger partial charge is 0.530 e. The van der Waals surface area contributed by atoms with Gasteiger partial charge in [-0.3, -0.25) is 9.05 Å². The van der Waals surface area contributed by atoms with Gasteiger partial charge in [0.1, 0.15) is 42.5 Å². The van der Waals surface area contributed by atoms with Gasteiger partial charge in [0.2, 0.25) is 0 Å². The van der Waals surface area contributed by atoms with Crippen LogP contribution in [0.2, 0.25) is 5.02 Å². The Morgan fingerprint density at radius 1 is 0.883 bits per heavy atom. The molecular formula is C44H61ClN5O9P. The lowest BCUT2D eigenvalue weighted by Crippen LogP contribution is -2.37. The number of halogens is 1. The molecule has 1 aliphatic rings. The molecule has 0 aliphatic carbocycles. The van der Waals surface area contributed by atoms with E-state index < -0.39 is 44.6 Å². The van der Waals surface area contributed by atoms with Gasteiger partial charge in [-0.05, 0) is 50.1 Å². The third kappa shape index (κ3) is 15.0. The molecule has 2 aromatic carbocycles. The van der Waals surface area contributed by atoms with Crippen molar-refractivity contribution in [1.29, 1.82) is 5.26 Å². The van der Waals surface area contributed by atoms with Crippen LogP contribution >= 0.6 is 19.4 Å². The molecule has 2 aromatic heterocycles. The summed E-state index contributed by atoms with van der Waals surface area (Å²) in [5.74, 6) is -0.761. The van der Waals surface area contributed by atoms with Crippen molar-refractivity contribution in [2.75, 3.05) is 32.2 Å². The fourth-order valence-corrected chi connectivity index (χ4v) is 8.52. The zero-order valence-electron chi connectivity index (χ0n) is 35.1. The Balaban J connectivity index is 1.24. The normalized spacial score (nSPS) is 18.2. The number of hydrogen-bond donors (Lipinski definition) is 1. The molecule has 1 saturated heterocycles. The second kappa shape index (κ2) is 24.6. The second-order valence-corrected chi connectivity index (χ2v) is 17.4. The molecule has 5 atom stereocenters. The first-order valence-corrected chi connectivity index (χ1v) is 23.0. The number of aromatic nitrogens is 3. The lowest BCUT2D eigenvalue weighted by atomic mass is 10.1. The summed E-state index contributed by atoms with van der Waals surface area (Å²) in [5, 5.41) is 14.3. The molecule has 4 aromatic rings. The van der Waals surface area contributed by atoms with E-state index in [4.69, 9.17) is 54.6 Å². The van der Waals surface area contributed by atoms with Gasteiger partial charge in [0.05, 0.1) is 30.5 Å². The number of nitrogens with zero attached hydrogens (tertiary/aromatic N) is 4. The van der Waals surface area contributed by atoms with Crippen LogP contribution in [0.15, 0.2) is 73.1 Å². The molecule has 0 spiro atoms. The molecular weight excluding hydrogens is 809 g/mol. The molecule has 0 radical (unpaired) electrons. The lowest BCUT2D eigenvalue weighted by Gasteiger charge is -2.27. The van der Waals surface area contributed by atoms with Gasteiger partial charge in [0.15, 0.2) is 17.7 Å².